The van der Waals surface area contributed by atoms with Gasteiger partial charge in [-0.3, -0.25) is 4.79 Å². The minimum Gasteiger partial charge on any atom is -0.481 e. The Morgan fingerprint density at radius 2 is 1.90 bits per heavy atom. The summed E-state index contributed by atoms with van der Waals surface area (Å²) in [6.07, 6.45) is 0.928. The van der Waals surface area contributed by atoms with Crippen LogP contribution in [0.1, 0.15) is 25.8 Å². The first kappa shape index (κ1) is 15.0. The molecule has 1 aliphatic rings. The second-order valence-electron chi connectivity index (χ2n) is 5.96. The van der Waals surface area contributed by atoms with Gasteiger partial charge >= 0.3 is 5.97 Å². The van der Waals surface area contributed by atoms with Crippen LogP contribution in [0.3, 0.4) is 0 Å². The average Bonchev–Trinajstić information content (AvgIpc) is 2.95. The molecule has 20 heavy (non-hydrogen) atoms. The van der Waals surface area contributed by atoms with E-state index in [-0.39, 0.29) is 16.7 Å². The lowest BCUT2D eigenvalue weighted by molar-refractivity contribution is -0.136. The van der Waals surface area contributed by atoms with Crippen LogP contribution >= 0.6 is 0 Å². The fraction of sp³-hybridized carbons (Fsp3) is 0.500. The molecule has 1 fully saturated rings. The topological polar surface area (TPSA) is 83.5 Å². The summed E-state index contributed by atoms with van der Waals surface area (Å²) in [6, 6.07) is 5.95. The van der Waals surface area contributed by atoms with Crippen LogP contribution in [0, 0.1) is 11.3 Å². The molecule has 1 saturated carbocycles. The summed E-state index contributed by atoms with van der Waals surface area (Å²) < 4.78 is 26.8. The molecule has 0 saturated heterocycles. The smallest absolute Gasteiger partial charge is 0.307 e. The Balaban J connectivity index is 2.00. The van der Waals surface area contributed by atoms with Crippen LogP contribution in [-0.2, 0) is 21.2 Å². The van der Waals surface area contributed by atoms with Gasteiger partial charge in [0.25, 0.3) is 0 Å². The van der Waals surface area contributed by atoms with Crippen LogP contribution in [0.2, 0.25) is 0 Å². The first-order chi connectivity index (χ1) is 9.21. The first-order valence-electron chi connectivity index (χ1n) is 6.51. The largest absolute Gasteiger partial charge is 0.481 e. The predicted octanol–water partition coefficient (Wildman–Crippen LogP) is 1.64. The minimum atomic E-state index is -3.51. The summed E-state index contributed by atoms with van der Waals surface area (Å²) in [5, 5.41) is 8.67. The monoisotopic (exact) mass is 297 g/mol. The molecule has 0 amide bonds. The third-order valence-corrected chi connectivity index (χ3v) is 5.27. The first-order valence-corrected chi connectivity index (χ1v) is 7.99. The van der Waals surface area contributed by atoms with Gasteiger partial charge < -0.3 is 5.11 Å². The maximum Gasteiger partial charge on any atom is 0.307 e. The molecule has 110 valence electrons. The van der Waals surface area contributed by atoms with Gasteiger partial charge in [0, 0.05) is 6.54 Å². The molecule has 0 spiro atoms. The van der Waals surface area contributed by atoms with E-state index in [0.717, 1.165) is 6.42 Å². The highest BCUT2D eigenvalue weighted by Crippen LogP contribution is 2.51. The van der Waals surface area contributed by atoms with E-state index >= 15 is 0 Å². The van der Waals surface area contributed by atoms with Crippen LogP contribution < -0.4 is 4.72 Å². The number of hydrogen-bond acceptors (Lipinski definition) is 3. The molecule has 1 unspecified atom stereocenters. The maximum absolute atomic E-state index is 12.1. The van der Waals surface area contributed by atoms with Crippen molar-refractivity contribution in [3.05, 3.63) is 29.8 Å². The number of sulfonamides is 1. The van der Waals surface area contributed by atoms with E-state index in [9.17, 15) is 13.2 Å². The Bertz CT molecular complexity index is 605. The lowest BCUT2D eigenvalue weighted by atomic mass is 10.1. The number of carboxylic acid groups (broad SMARTS) is 1. The zero-order valence-corrected chi connectivity index (χ0v) is 12.4. The van der Waals surface area contributed by atoms with Crippen molar-refractivity contribution in [3.8, 4) is 0 Å². The van der Waals surface area contributed by atoms with Crippen LogP contribution in [-0.4, -0.2) is 26.0 Å². The Hall–Kier alpha value is -1.40. The van der Waals surface area contributed by atoms with E-state index in [1.807, 2.05) is 0 Å². The SMILES string of the molecule is CC1(C)CC1CNS(=O)(=O)c1ccc(CC(=O)O)cc1. The molecule has 0 aromatic heterocycles. The fourth-order valence-corrected chi connectivity index (χ4v) is 3.26. The van der Waals surface area contributed by atoms with Gasteiger partial charge in [0.15, 0.2) is 0 Å². The molecule has 0 bridgehead atoms. The van der Waals surface area contributed by atoms with Crippen LogP contribution in [0.25, 0.3) is 0 Å². The molecular weight excluding hydrogens is 278 g/mol. The van der Waals surface area contributed by atoms with Crippen molar-refractivity contribution >= 4 is 16.0 Å². The van der Waals surface area contributed by atoms with Gasteiger partial charge in [0.2, 0.25) is 10.0 Å². The summed E-state index contributed by atoms with van der Waals surface area (Å²) in [4.78, 5) is 10.7. The van der Waals surface area contributed by atoms with Gasteiger partial charge in [-0.25, -0.2) is 13.1 Å². The highest BCUT2D eigenvalue weighted by molar-refractivity contribution is 7.89. The molecule has 1 aliphatic carbocycles. The molecule has 0 heterocycles. The highest BCUT2D eigenvalue weighted by atomic mass is 32.2. The molecule has 1 aromatic rings. The third kappa shape index (κ3) is 3.58. The van der Waals surface area contributed by atoms with Crippen LogP contribution in [0.5, 0.6) is 0 Å². The van der Waals surface area contributed by atoms with Crippen molar-refractivity contribution in [2.24, 2.45) is 11.3 Å². The molecule has 0 aliphatic heterocycles. The Labute approximate surface area is 119 Å². The van der Waals surface area contributed by atoms with Gasteiger partial charge in [0.05, 0.1) is 11.3 Å². The fourth-order valence-electron chi connectivity index (χ4n) is 2.18. The second kappa shape index (κ2) is 5.18. The summed E-state index contributed by atoms with van der Waals surface area (Å²) in [5.41, 5.74) is 0.813. The van der Waals surface area contributed by atoms with E-state index in [1.54, 1.807) is 0 Å². The highest BCUT2D eigenvalue weighted by Gasteiger charge is 2.45. The minimum absolute atomic E-state index is 0.107. The number of rotatable bonds is 6. The standard InChI is InChI=1S/C14H19NO4S/c1-14(2)8-11(14)9-15-20(18,19)12-5-3-10(4-6-12)7-13(16)17/h3-6,11,15H,7-9H2,1-2H3,(H,16,17). The van der Waals surface area contributed by atoms with E-state index in [4.69, 9.17) is 5.11 Å². The number of aliphatic carboxylic acids is 1. The zero-order chi connectivity index (χ0) is 15.0. The number of carboxylic acids is 1. The van der Waals surface area contributed by atoms with Crippen molar-refractivity contribution in [2.45, 2.75) is 31.6 Å². The quantitative estimate of drug-likeness (QED) is 0.836. The van der Waals surface area contributed by atoms with E-state index in [1.165, 1.54) is 24.3 Å². The Morgan fingerprint density at radius 3 is 2.35 bits per heavy atom. The molecule has 2 N–H and O–H groups in total. The molecule has 2 rings (SSSR count). The van der Waals surface area contributed by atoms with E-state index in [2.05, 4.69) is 18.6 Å². The normalized spacial score (nSPS) is 20.6. The van der Waals surface area contributed by atoms with Gasteiger partial charge in [-0.15, -0.1) is 0 Å². The summed E-state index contributed by atoms with van der Waals surface area (Å²) in [7, 11) is -3.51. The van der Waals surface area contributed by atoms with Gasteiger partial charge in [-0.2, -0.15) is 0 Å². The van der Waals surface area contributed by atoms with Gasteiger partial charge in [-0.05, 0) is 35.4 Å². The maximum atomic E-state index is 12.1. The van der Waals surface area contributed by atoms with Crippen molar-refractivity contribution in [1.29, 1.82) is 0 Å². The number of hydrogen-bond donors (Lipinski definition) is 2. The van der Waals surface area contributed by atoms with Crippen molar-refractivity contribution in [2.75, 3.05) is 6.54 Å². The van der Waals surface area contributed by atoms with Gasteiger partial charge in [-0.1, -0.05) is 26.0 Å². The number of carbonyl (C=O) groups is 1. The lowest BCUT2D eigenvalue weighted by Gasteiger charge is -2.08. The Morgan fingerprint density at radius 1 is 1.35 bits per heavy atom. The van der Waals surface area contributed by atoms with Crippen molar-refractivity contribution < 1.29 is 18.3 Å². The molecule has 1 aromatic carbocycles. The summed E-state index contributed by atoms with van der Waals surface area (Å²) >= 11 is 0. The third-order valence-electron chi connectivity index (χ3n) is 3.83. The predicted molar refractivity (Wildman–Crippen MR) is 74.9 cm³/mol. The van der Waals surface area contributed by atoms with Crippen LogP contribution in [0.15, 0.2) is 29.2 Å². The van der Waals surface area contributed by atoms with Crippen molar-refractivity contribution in [1.82, 2.24) is 4.72 Å². The van der Waals surface area contributed by atoms with Crippen LogP contribution in [0.4, 0.5) is 0 Å². The van der Waals surface area contributed by atoms with E-state index in [0.29, 0.717) is 18.0 Å². The average molecular weight is 297 g/mol. The lowest BCUT2D eigenvalue weighted by Crippen LogP contribution is -2.26. The molecular formula is C14H19NO4S. The molecule has 1 atom stereocenters. The molecule has 0 radical (unpaired) electrons. The van der Waals surface area contributed by atoms with Crippen molar-refractivity contribution in [3.63, 3.8) is 0 Å². The zero-order valence-electron chi connectivity index (χ0n) is 11.6. The van der Waals surface area contributed by atoms with E-state index < -0.39 is 16.0 Å². The molecule has 5 nitrogen and oxygen atoms in total. The molecule has 6 heteroatoms. The summed E-state index contributed by atoms with van der Waals surface area (Å²) in [5.74, 6) is -0.543. The summed E-state index contributed by atoms with van der Waals surface area (Å²) in [6.45, 7) is 4.69. The Kier molecular flexibility index (Phi) is 3.88. The second-order valence-corrected chi connectivity index (χ2v) is 7.72. The number of benzene rings is 1. The number of nitrogens with one attached hydrogen (secondary N) is 1. The van der Waals surface area contributed by atoms with Gasteiger partial charge in [0.1, 0.15) is 0 Å².